The topological polar surface area (TPSA) is 63.5 Å². The van der Waals surface area contributed by atoms with Crippen LogP contribution >= 0.6 is 24.0 Å². The number of hydrogen-bond acceptors (Lipinski definition) is 3. The first-order valence-electron chi connectivity index (χ1n) is 9.91. The van der Waals surface area contributed by atoms with Gasteiger partial charge in [-0.05, 0) is 57.2 Å². The van der Waals surface area contributed by atoms with E-state index in [9.17, 15) is 0 Å². The van der Waals surface area contributed by atoms with Crippen molar-refractivity contribution in [1.29, 1.82) is 0 Å². The first-order valence-corrected chi connectivity index (χ1v) is 9.91. The van der Waals surface area contributed by atoms with E-state index in [0.717, 1.165) is 42.4 Å². The summed E-state index contributed by atoms with van der Waals surface area (Å²) in [5.41, 5.74) is 3.46. The molecule has 1 aliphatic carbocycles. The number of aryl methyl sites for hydroxylation is 2. The van der Waals surface area contributed by atoms with E-state index in [0.29, 0.717) is 19.2 Å². The average Bonchev–Trinajstić information content (AvgIpc) is 3.30. The smallest absolute Gasteiger partial charge is 0.191 e. The van der Waals surface area contributed by atoms with Crippen molar-refractivity contribution in [3.8, 4) is 5.75 Å². The van der Waals surface area contributed by atoms with E-state index in [1.165, 1.54) is 18.4 Å². The number of nitrogens with zero attached hydrogens (tertiary/aromatic N) is 3. The van der Waals surface area contributed by atoms with Crippen LogP contribution in [0.4, 0.5) is 0 Å². The molecule has 1 fully saturated rings. The maximum absolute atomic E-state index is 6.29. The molecule has 0 aliphatic heterocycles. The molecule has 0 radical (unpaired) electrons. The zero-order chi connectivity index (χ0) is 19.1. The summed E-state index contributed by atoms with van der Waals surface area (Å²) in [6, 6.07) is 8.40. The number of rotatable bonds is 7. The van der Waals surface area contributed by atoms with Gasteiger partial charge in [0, 0.05) is 25.4 Å². The minimum atomic E-state index is 0. The van der Waals surface area contributed by atoms with Gasteiger partial charge in [-0.3, -0.25) is 4.68 Å². The Balaban J connectivity index is 0.00000280. The zero-order valence-electron chi connectivity index (χ0n) is 17.1. The quantitative estimate of drug-likeness (QED) is 0.346. The van der Waals surface area contributed by atoms with Crippen molar-refractivity contribution in [2.75, 3.05) is 6.54 Å². The van der Waals surface area contributed by atoms with Gasteiger partial charge in [0.1, 0.15) is 5.75 Å². The van der Waals surface area contributed by atoms with Gasteiger partial charge in [0.05, 0.1) is 24.9 Å². The predicted molar refractivity (Wildman–Crippen MR) is 124 cm³/mol. The number of aromatic nitrogens is 2. The fourth-order valence-electron chi connectivity index (χ4n) is 3.34. The lowest BCUT2D eigenvalue weighted by molar-refractivity contribution is 0.208. The number of hydrogen-bond donors (Lipinski definition) is 2. The Kier molecular flexibility index (Phi) is 9.08. The van der Waals surface area contributed by atoms with Crippen LogP contribution in [0.1, 0.15) is 49.4 Å². The summed E-state index contributed by atoms with van der Waals surface area (Å²) < 4.78 is 8.16. The number of aliphatic imine (C=N–C) groups is 1. The highest BCUT2D eigenvalue weighted by molar-refractivity contribution is 14.0. The third-order valence-corrected chi connectivity index (χ3v) is 4.93. The van der Waals surface area contributed by atoms with Crippen molar-refractivity contribution < 1.29 is 4.74 Å². The Bertz CT molecular complexity index is 768. The minimum absolute atomic E-state index is 0. The lowest BCUT2D eigenvalue weighted by Gasteiger charge is -2.17. The molecule has 0 spiro atoms. The lowest BCUT2D eigenvalue weighted by atomic mass is 10.1. The molecule has 1 aliphatic rings. The van der Waals surface area contributed by atoms with Crippen molar-refractivity contribution >= 4 is 29.9 Å². The molecule has 0 saturated heterocycles. The Morgan fingerprint density at radius 3 is 2.71 bits per heavy atom. The molecule has 6 nitrogen and oxygen atoms in total. The fourth-order valence-corrected chi connectivity index (χ4v) is 3.34. The largest absolute Gasteiger partial charge is 0.490 e. The van der Waals surface area contributed by atoms with Gasteiger partial charge in [-0.2, -0.15) is 5.10 Å². The summed E-state index contributed by atoms with van der Waals surface area (Å²) in [6.07, 6.45) is 7.02. The minimum Gasteiger partial charge on any atom is -0.490 e. The van der Waals surface area contributed by atoms with Crippen molar-refractivity contribution in [2.24, 2.45) is 12.0 Å². The number of guanidine groups is 1. The summed E-state index contributed by atoms with van der Waals surface area (Å²) in [5.74, 6) is 1.78. The second-order valence-corrected chi connectivity index (χ2v) is 7.13. The van der Waals surface area contributed by atoms with E-state index in [1.54, 1.807) is 6.20 Å². The number of halogens is 1. The summed E-state index contributed by atoms with van der Waals surface area (Å²) in [5, 5.41) is 10.9. The van der Waals surface area contributed by atoms with E-state index in [2.05, 4.69) is 47.8 Å². The predicted octanol–water partition coefficient (Wildman–Crippen LogP) is 3.92. The van der Waals surface area contributed by atoms with Crippen LogP contribution < -0.4 is 15.4 Å². The number of benzene rings is 1. The Morgan fingerprint density at radius 1 is 1.25 bits per heavy atom. The molecule has 1 heterocycles. The first kappa shape index (κ1) is 22.5. The Labute approximate surface area is 185 Å². The summed E-state index contributed by atoms with van der Waals surface area (Å²) in [6.45, 7) is 6.26. The molecule has 3 rings (SSSR count). The first-order chi connectivity index (χ1) is 13.2. The summed E-state index contributed by atoms with van der Waals surface area (Å²) in [7, 11) is 1.94. The van der Waals surface area contributed by atoms with E-state index >= 15 is 0 Å². The van der Waals surface area contributed by atoms with Crippen LogP contribution in [-0.4, -0.2) is 28.4 Å². The van der Waals surface area contributed by atoms with Gasteiger partial charge < -0.3 is 15.4 Å². The Morgan fingerprint density at radius 2 is 2.04 bits per heavy atom. The van der Waals surface area contributed by atoms with Gasteiger partial charge in [0.2, 0.25) is 0 Å². The molecule has 1 aromatic carbocycles. The molecule has 0 bridgehead atoms. The Hall–Kier alpha value is -1.77. The van der Waals surface area contributed by atoms with Crippen LogP contribution in [0.5, 0.6) is 5.75 Å². The molecule has 2 N–H and O–H groups in total. The van der Waals surface area contributed by atoms with Crippen LogP contribution in [0.2, 0.25) is 0 Å². The van der Waals surface area contributed by atoms with Gasteiger partial charge in [-0.1, -0.05) is 12.1 Å². The molecule has 0 atom stereocenters. The molecule has 1 saturated carbocycles. The normalized spacial score (nSPS) is 14.6. The van der Waals surface area contributed by atoms with Gasteiger partial charge in [-0.25, -0.2) is 4.99 Å². The third-order valence-electron chi connectivity index (χ3n) is 4.93. The van der Waals surface area contributed by atoms with Crippen LogP contribution in [0, 0.1) is 6.92 Å². The van der Waals surface area contributed by atoms with Crippen LogP contribution in [0.25, 0.3) is 0 Å². The maximum Gasteiger partial charge on any atom is 0.191 e. The monoisotopic (exact) mass is 497 g/mol. The number of ether oxygens (including phenoxy) is 1. The van der Waals surface area contributed by atoms with Crippen molar-refractivity contribution in [3.05, 3.63) is 47.3 Å². The van der Waals surface area contributed by atoms with Crippen LogP contribution in [0.3, 0.4) is 0 Å². The van der Waals surface area contributed by atoms with Crippen molar-refractivity contribution in [1.82, 2.24) is 20.4 Å². The highest BCUT2D eigenvalue weighted by atomic mass is 127. The van der Waals surface area contributed by atoms with Gasteiger partial charge >= 0.3 is 0 Å². The van der Waals surface area contributed by atoms with Gasteiger partial charge in [-0.15, -0.1) is 24.0 Å². The molecule has 7 heteroatoms. The second-order valence-electron chi connectivity index (χ2n) is 7.13. The van der Waals surface area contributed by atoms with E-state index < -0.39 is 0 Å². The van der Waals surface area contributed by atoms with Crippen LogP contribution in [-0.2, 0) is 20.1 Å². The van der Waals surface area contributed by atoms with E-state index in [1.807, 2.05) is 17.8 Å². The second kappa shape index (κ2) is 11.3. The number of nitrogens with one attached hydrogen (secondary N) is 2. The molecular formula is C21H32IN5O. The molecule has 154 valence electrons. The maximum atomic E-state index is 6.29. The summed E-state index contributed by atoms with van der Waals surface area (Å²) >= 11 is 0. The third kappa shape index (κ3) is 6.39. The standard InChI is InChI=1S/C21H31N5O.HI/c1-4-22-21(24-15-18-11-12-25-26(18)3)23-14-17-10-9-16(2)13-20(17)27-19-7-5-6-8-19;/h9-13,19H,4-8,14-15H2,1-3H3,(H2,22,23,24);1H. The molecule has 2 aromatic rings. The van der Waals surface area contributed by atoms with Crippen molar-refractivity contribution in [2.45, 2.75) is 58.7 Å². The van der Waals surface area contributed by atoms with Gasteiger partial charge in [0.15, 0.2) is 5.96 Å². The SMILES string of the molecule is CCNC(=NCc1ccc(C)cc1OC1CCCC1)NCc1ccnn1C.I. The van der Waals surface area contributed by atoms with Gasteiger partial charge in [0.25, 0.3) is 0 Å². The molecule has 0 unspecified atom stereocenters. The lowest BCUT2D eigenvalue weighted by Crippen LogP contribution is -2.37. The van der Waals surface area contributed by atoms with Crippen LogP contribution in [0.15, 0.2) is 35.5 Å². The molecule has 28 heavy (non-hydrogen) atoms. The highest BCUT2D eigenvalue weighted by Gasteiger charge is 2.18. The fraction of sp³-hybridized carbons (Fsp3) is 0.524. The highest BCUT2D eigenvalue weighted by Crippen LogP contribution is 2.28. The van der Waals surface area contributed by atoms with E-state index in [4.69, 9.17) is 9.73 Å². The molecular weight excluding hydrogens is 465 g/mol. The molecule has 0 amide bonds. The van der Waals surface area contributed by atoms with E-state index in [-0.39, 0.29) is 24.0 Å². The summed E-state index contributed by atoms with van der Waals surface area (Å²) in [4.78, 5) is 4.76. The average molecular weight is 497 g/mol. The molecule has 1 aromatic heterocycles. The van der Waals surface area contributed by atoms with Crippen molar-refractivity contribution in [3.63, 3.8) is 0 Å². The zero-order valence-corrected chi connectivity index (χ0v) is 19.4.